The van der Waals surface area contributed by atoms with Gasteiger partial charge in [0, 0.05) is 6.07 Å². The molecule has 0 radical (unpaired) electrons. The molecule has 14 heavy (non-hydrogen) atoms. The molecule has 0 aliphatic rings. The molecular weight excluding hydrogens is 215 g/mol. The number of hydrogen-bond donors (Lipinski definition) is 0. The van der Waals surface area contributed by atoms with Crippen molar-refractivity contribution in [3.05, 3.63) is 33.1 Å². The van der Waals surface area contributed by atoms with Gasteiger partial charge in [-0.3, -0.25) is 10.1 Å². The predicted molar refractivity (Wildman–Crippen MR) is 45.8 cm³/mol. The maximum absolute atomic E-state index is 13.0. The van der Waals surface area contributed by atoms with Gasteiger partial charge in [-0.2, -0.15) is 4.99 Å². The lowest BCUT2D eigenvalue weighted by Gasteiger charge is -1.97. The molecule has 0 heterocycles. The van der Waals surface area contributed by atoms with E-state index in [-0.39, 0.29) is 5.02 Å². The average Bonchev–Trinajstić information content (AvgIpc) is 2.10. The zero-order valence-corrected chi connectivity index (χ0v) is 7.29. The van der Waals surface area contributed by atoms with Crippen LogP contribution in [-0.4, -0.2) is 11.0 Å². The number of non-ortho nitro benzene ring substituents is 1. The zero-order valence-electron chi connectivity index (χ0n) is 6.53. The van der Waals surface area contributed by atoms with Crippen molar-refractivity contribution in [2.45, 2.75) is 0 Å². The first-order valence-corrected chi connectivity index (χ1v) is 3.65. The Hall–Kier alpha value is -1.78. The van der Waals surface area contributed by atoms with Crippen molar-refractivity contribution in [2.24, 2.45) is 4.99 Å². The van der Waals surface area contributed by atoms with Gasteiger partial charge in [0.25, 0.3) is 5.69 Å². The number of halogens is 2. The summed E-state index contributed by atoms with van der Waals surface area (Å²) in [6.45, 7) is 0. The number of nitrogens with zero attached hydrogens (tertiary/aromatic N) is 2. The summed E-state index contributed by atoms with van der Waals surface area (Å²) in [5.41, 5.74) is -0.954. The van der Waals surface area contributed by atoms with Gasteiger partial charge in [-0.1, -0.05) is 11.6 Å². The van der Waals surface area contributed by atoms with E-state index in [2.05, 4.69) is 4.99 Å². The van der Waals surface area contributed by atoms with Gasteiger partial charge in [0.1, 0.15) is 5.69 Å². The van der Waals surface area contributed by atoms with Crippen molar-refractivity contribution in [1.29, 1.82) is 0 Å². The van der Waals surface area contributed by atoms with Crippen LogP contribution in [0.25, 0.3) is 0 Å². The number of benzene rings is 1. The van der Waals surface area contributed by atoms with E-state index >= 15 is 0 Å². The first-order chi connectivity index (χ1) is 6.56. The molecule has 0 spiro atoms. The number of isocyanates is 1. The quantitative estimate of drug-likeness (QED) is 0.330. The SMILES string of the molecule is O=C=Nc1c(F)cc([N+](=O)[O-])cc1Cl. The van der Waals surface area contributed by atoms with Gasteiger partial charge in [-0.05, 0) is 0 Å². The molecular formula is C7H2ClFN2O3. The van der Waals surface area contributed by atoms with Crippen LogP contribution < -0.4 is 0 Å². The van der Waals surface area contributed by atoms with Crippen LogP contribution in [0.5, 0.6) is 0 Å². The highest BCUT2D eigenvalue weighted by molar-refractivity contribution is 6.33. The lowest BCUT2D eigenvalue weighted by atomic mass is 10.3. The van der Waals surface area contributed by atoms with E-state index in [1.165, 1.54) is 0 Å². The Morgan fingerprint density at radius 3 is 2.64 bits per heavy atom. The number of rotatable bonds is 2. The third-order valence-corrected chi connectivity index (χ3v) is 1.66. The third-order valence-electron chi connectivity index (χ3n) is 1.37. The maximum Gasteiger partial charge on any atom is 0.274 e. The fraction of sp³-hybridized carbons (Fsp3) is 0. The molecule has 0 bridgehead atoms. The molecule has 5 nitrogen and oxygen atoms in total. The van der Waals surface area contributed by atoms with Crippen LogP contribution in [0.4, 0.5) is 15.8 Å². The monoisotopic (exact) mass is 216 g/mol. The summed E-state index contributed by atoms with van der Waals surface area (Å²) in [5, 5.41) is 9.94. The molecule has 7 heteroatoms. The minimum Gasteiger partial charge on any atom is -0.258 e. The lowest BCUT2D eigenvalue weighted by molar-refractivity contribution is -0.385. The third kappa shape index (κ3) is 1.93. The van der Waals surface area contributed by atoms with Crippen molar-refractivity contribution in [3.63, 3.8) is 0 Å². The summed E-state index contributed by atoms with van der Waals surface area (Å²) in [4.78, 5) is 22.3. The van der Waals surface area contributed by atoms with E-state index in [0.717, 1.165) is 12.1 Å². The van der Waals surface area contributed by atoms with Crippen molar-refractivity contribution in [2.75, 3.05) is 0 Å². The van der Waals surface area contributed by atoms with Crippen LogP contribution in [0, 0.1) is 15.9 Å². The van der Waals surface area contributed by atoms with Crippen LogP contribution in [0.15, 0.2) is 17.1 Å². The van der Waals surface area contributed by atoms with Crippen molar-refractivity contribution in [1.82, 2.24) is 0 Å². The summed E-state index contributed by atoms with van der Waals surface area (Å²) in [7, 11) is 0. The molecule has 0 atom stereocenters. The van der Waals surface area contributed by atoms with Crippen molar-refractivity contribution >= 4 is 29.1 Å². The number of aliphatic imine (C=N–C) groups is 1. The summed E-state index contributed by atoms with van der Waals surface area (Å²) in [6.07, 6.45) is 1.10. The van der Waals surface area contributed by atoms with Crippen molar-refractivity contribution < 1.29 is 14.1 Å². The minimum atomic E-state index is -1.03. The fourth-order valence-corrected chi connectivity index (χ4v) is 1.05. The topological polar surface area (TPSA) is 72.6 Å². The highest BCUT2D eigenvalue weighted by Crippen LogP contribution is 2.31. The Balaban J connectivity index is 3.39. The zero-order chi connectivity index (χ0) is 10.7. The molecule has 0 aliphatic heterocycles. The molecule has 0 saturated carbocycles. The van der Waals surface area contributed by atoms with E-state index in [4.69, 9.17) is 11.6 Å². The molecule has 0 amide bonds. The molecule has 0 saturated heterocycles. The van der Waals surface area contributed by atoms with Crippen LogP contribution in [0.1, 0.15) is 0 Å². The van der Waals surface area contributed by atoms with Gasteiger partial charge in [-0.15, -0.1) is 0 Å². The smallest absolute Gasteiger partial charge is 0.258 e. The lowest BCUT2D eigenvalue weighted by Crippen LogP contribution is -1.89. The van der Waals surface area contributed by atoms with Gasteiger partial charge in [0.2, 0.25) is 6.08 Å². The summed E-state index contributed by atoms with van der Waals surface area (Å²) in [6, 6.07) is 1.53. The minimum absolute atomic E-state index is 0.306. The summed E-state index contributed by atoms with van der Waals surface area (Å²) >= 11 is 5.44. The Labute approximate surface area is 82.0 Å². The van der Waals surface area contributed by atoms with Crippen LogP contribution >= 0.6 is 11.6 Å². The van der Waals surface area contributed by atoms with E-state index in [9.17, 15) is 19.3 Å². The second kappa shape index (κ2) is 3.95. The van der Waals surface area contributed by atoms with Crippen molar-refractivity contribution in [3.8, 4) is 0 Å². The Morgan fingerprint density at radius 2 is 2.21 bits per heavy atom. The first kappa shape index (κ1) is 10.3. The highest BCUT2D eigenvalue weighted by atomic mass is 35.5. The van der Waals surface area contributed by atoms with Gasteiger partial charge >= 0.3 is 0 Å². The first-order valence-electron chi connectivity index (χ1n) is 3.27. The average molecular weight is 217 g/mol. The molecule has 72 valence electrons. The maximum atomic E-state index is 13.0. The van der Waals surface area contributed by atoms with E-state index in [1.54, 1.807) is 0 Å². The Kier molecular flexibility index (Phi) is 2.91. The molecule has 0 unspecified atom stereocenters. The molecule has 1 aromatic carbocycles. The van der Waals surface area contributed by atoms with E-state index < -0.39 is 22.1 Å². The number of nitro benzene ring substituents is 1. The van der Waals surface area contributed by atoms with Gasteiger partial charge < -0.3 is 0 Å². The predicted octanol–water partition coefficient (Wildman–Crippen LogP) is 2.35. The van der Waals surface area contributed by atoms with Gasteiger partial charge in [0.15, 0.2) is 5.82 Å². The second-order valence-electron chi connectivity index (χ2n) is 2.22. The summed E-state index contributed by atoms with van der Waals surface area (Å²) in [5.74, 6) is -1.03. The Bertz CT molecular complexity index is 420. The van der Waals surface area contributed by atoms with Gasteiger partial charge in [-0.25, -0.2) is 9.18 Å². The van der Waals surface area contributed by atoms with Crippen LogP contribution in [0.3, 0.4) is 0 Å². The van der Waals surface area contributed by atoms with Crippen LogP contribution in [0.2, 0.25) is 5.02 Å². The van der Waals surface area contributed by atoms with E-state index in [0.29, 0.717) is 6.07 Å². The second-order valence-corrected chi connectivity index (χ2v) is 2.63. The van der Waals surface area contributed by atoms with Crippen LogP contribution in [-0.2, 0) is 4.79 Å². The van der Waals surface area contributed by atoms with E-state index in [1.807, 2.05) is 0 Å². The Morgan fingerprint density at radius 1 is 1.57 bits per heavy atom. The highest BCUT2D eigenvalue weighted by Gasteiger charge is 2.15. The molecule has 0 fully saturated rings. The standard InChI is InChI=1S/C7H2ClFN2O3/c8-5-1-4(11(13)14)2-6(9)7(5)10-3-12/h1-2H. The number of hydrogen-bond acceptors (Lipinski definition) is 4. The molecule has 0 aromatic heterocycles. The number of carbonyl (C=O) groups excluding carboxylic acids is 1. The molecule has 1 rings (SSSR count). The largest absolute Gasteiger partial charge is 0.274 e. The number of nitro groups is 1. The summed E-state index contributed by atoms with van der Waals surface area (Å²) < 4.78 is 13.0. The molecule has 0 aliphatic carbocycles. The molecule has 0 N–H and O–H groups in total. The molecule has 1 aromatic rings. The normalized spacial score (nSPS) is 9.29. The fourth-order valence-electron chi connectivity index (χ4n) is 0.810. The van der Waals surface area contributed by atoms with Gasteiger partial charge in [0.05, 0.1) is 16.0 Å².